The maximum Gasteiger partial charge on any atom is 0.180 e. The van der Waals surface area contributed by atoms with E-state index in [1.165, 1.54) is 6.08 Å². The van der Waals surface area contributed by atoms with Gasteiger partial charge in [-0.25, -0.2) is 4.99 Å². The normalized spacial score (nSPS) is 12.1. The highest BCUT2D eigenvalue weighted by molar-refractivity contribution is 6.03. The molecule has 0 aliphatic carbocycles. The van der Waals surface area contributed by atoms with Crippen LogP contribution in [0.5, 0.6) is 0 Å². The van der Waals surface area contributed by atoms with Crippen molar-refractivity contribution in [3.63, 3.8) is 0 Å². The molecule has 0 heterocycles. The van der Waals surface area contributed by atoms with Crippen molar-refractivity contribution >= 4 is 17.3 Å². The minimum atomic E-state index is -0.242. The van der Waals surface area contributed by atoms with Gasteiger partial charge in [0, 0.05) is 25.0 Å². The molecule has 0 saturated heterocycles. The van der Waals surface area contributed by atoms with Crippen molar-refractivity contribution in [2.75, 3.05) is 18.4 Å². The van der Waals surface area contributed by atoms with Gasteiger partial charge in [-0.2, -0.15) is 5.26 Å². The molecule has 0 aliphatic heterocycles. The zero-order valence-electron chi connectivity index (χ0n) is 17.4. The molecule has 0 aromatic heterocycles. The largest absolute Gasteiger partial charge is 0.372 e. The van der Waals surface area contributed by atoms with Gasteiger partial charge in [0.05, 0.1) is 11.6 Å². The molecule has 0 saturated carbocycles. The summed E-state index contributed by atoms with van der Waals surface area (Å²) in [5.74, 6) is 0.674. The standard InChI is InChI=1S/C24H30N4O/c1-6-15-26-24(28(16-7-2)17-14-19(5)23(29)9-4)22(8-3)27-21-12-10-20(18-25)11-13-21/h6,8-13,15,22,27H,3-5,7,14,16-17H2,1-2H3/b15-6-,26-24?. The number of anilines is 1. The maximum absolute atomic E-state index is 11.8. The Morgan fingerprint density at radius 1 is 1.31 bits per heavy atom. The van der Waals surface area contributed by atoms with Crippen LogP contribution in [0, 0.1) is 11.3 Å². The summed E-state index contributed by atoms with van der Waals surface area (Å²) in [6.07, 6.45) is 8.16. The van der Waals surface area contributed by atoms with Crippen LogP contribution in [0.4, 0.5) is 5.69 Å². The van der Waals surface area contributed by atoms with E-state index in [-0.39, 0.29) is 11.8 Å². The van der Waals surface area contributed by atoms with Gasteiger partial charge in [0.1, 0.15) is 11.9 Å². The smallest absolute Gasteiger partial charge is 0.180 e. The van der Waals surface area contributed by atoms with Gasteiger partial charge < -0.3 is 10.2 Å². The van der Waals surface area contributed by atoms with Crippen molar-refractivity contribution in [2.24, 2.45) is 4.99 Å². The van der Waals surface area contributed by atoms with Crippen molar-refractivity contribution in [3.8, 4) is 6.07 Å². The number of amidine groups is 1. The van der Waals surface area contributed by atoms with Crippen LogP contribution >= 0.6 is 0 Å². The third-order valence-corrected chi connectivity index (χ3v) is 4.24. The molecule has 5 heteroatoms. The van der Waals surface area contributed by atoms with Crippen molar-refractivity contribution in [1.29, 1.82) is 5.26 Å². The molecule has 152 valence electrons. The second-order valence-electron chi connectivity index (χ2n) is 6.43. The first-order chi connectivity index (χ1) is 14.0. The van der Waals surface area contributed by atoms with Gasteiger partial charge in [0.25, 0.3) is 0 Å². The maximum atomic E-state index is 11.8. The molecule has 0 radical (unpaired) electrons. The van der Waals surface area contributed by atoms with Crippen LogP contribution < -0.4 is 5.32 Å². The highest BCUT2D eigenvalue weighted by atomic mass is 16.1. The van der Waals surface area contributed by atoms with Crippen molar-refractivity contribution in [1.82, 2.24) is 4.90 Å². The number of benzene rings is 1. The number of nitrogens with zero attached hydrogens (tertiary/aromatic N) is 3. The van der Waals surface area contributed by atoms with Crippen LogP contribution in [-0.4, -0.2) is 35.7 Å². The van der Waals surface area contributed by atoms with Crippen molar-refractivity contribution in [3.05, 3.63) is 79.6 Å². The first kappa shape index (κ1) is 23.6. The predicted octanol–water partition coefficient (Wildman–Crippen LogP) is 4.87. The number of nitrogens with one attached hydrogen (secondary N) is 1. The third kappa shape index (κ3) is 7.63. The average Bonchev–Trinajstić information content (AvgIpc) is 2.75. The van der Waals surface area contributed by atoms with Crippen LogP contribution in [0.15, 0.2) is 79.0 Å². The molecule has 0 bridgehead atoms. The molecule has 1 N–H and O–H groups in total. The lowest BCUT2D eigenvalue weighted by atomic mass is 10.1. The Morgan fingerprint density at radius 3 is 2.52 bits per heavy atom. The summed E-state index contributed by atoms with van der Waals surface area (Å²) in [4.78, 5) is 18.6. The highest BCUT2D eigenvalue weighted by Gasteiger charge is 2.20. The van der Waals surface area contributed by atoms with Crippen molar-refractivity contribution < 1.29 is 4.79 Å². The number of carbonyl (C=O) groups is 1. The summed E-state index contributed by atoms with van der Waals surface area (Å²) in [6.45, 7) is 16.8. The molecule has 1 unspecified atom stereocenters. The molecular weight excluding hydrogens is 360 g/mol. The number of nitriles is 1. The van der Waals surface area contributed by atoms with Crippen LogP contribution in [-0.2, 0) is 4.79 Å². The molecule has 1 aromatic rings. The lowest BCUT2D eigenvalue weighted by Gasteiger charge is -2.30. The van der Waals surface area contributed by atoms with E-state index in [4.69, 9.17) is 5.26 Å². The van der Waals surface area contributed by atoms with E-state index >= 15 is 0 Å². The number of aliphatic imine (C=N–C) groups is 1. The van der Waals surface area contributed by atoms with E-state index in [0.29, 0.717) is 24.1 Å². The lowest BCUT2D eigenvalue weighted by Crippen LogP contribution is -2.43. The van der Waals surface area contributed by atoms with Gasteiger partial charge in [-0.1, -0.05) is 32.2 Å². The Bertz CT molecular complexity index is 812. The van der Waals surface area contributed by atoms with Gasteiger partial charge in [0.15, 0.2) is 5.78 Å². The summed E-state index contributed by atoms with van der Waals surface area (Å²) in [7, 11) is 0. The van der Waals surface area contributed by atoms with Crippen molar-refractivity contribution in [2.45, 2.75) is 32.7 Å². The summed E-state index contributed by atoms with van der Waals surface area (Å²) in [5.41, 5.74) is 2.00. The van der Waals surface area contributed by atoms with E-state index in [0.717, 1.165) is 24.5 Å². The van der Waals surface area contributed by atoms with Gasteiger partial charge in [-0.15, -0.1) is 6.58 Å². The zero-order chi connectivity index (χ0) is 21.6. The fourth-order valence-corrected chi connectivity index (χ4v) is 2.71. The summed E-state index contributed by atoms with van der Waals surface area (Å²) in [5, 5.41) is 12.4. The lowest BCUT2D eigenvalue weighted by molar-refractivity contribution is -0.111. The minimum absolute atomic E-state index is 0.135. The fourth-order valence-electron chi connectivity index (χ4n) is 2.71. The fraction of sp³-hybridized carbons (Fsp3) is 0.292. The zero-order valence-corrected chi connectivity index (χ0v) is 17.4. The van der Waals surface area contributed by atoms with Gasteiger partial charge in [-0.3, -0.25) is 4.79 Å². The molecule has 0 spiro atoms. The Kier molecular flexibility index (Phi) is 10.5. The van der Waals surface area contributed by atoms with E-state index in [1.807, 2.05) is 25.1 Å². The third-order valence-electron chi connectivity index (χ3n) is 4.24. The molecule has 0 amide bonds. The summed E-state index contributed by atoms with van der Waals surface area (Å²) < 4.78 is 0. The van der Waals surface area contributed by atoms with E-state index in [1.54, 1.807) is 24.4 Å². The average molecular weight is 391 g/mol. The number of ketones is 1. The van der Waals surface area contributed by atoms with Gasteiger partial charge >= 0.3 is 0 Å². The molecule has 5 nitrogen and oxygen atoms in total. The molecule has 1 atom stereocenters. The minimum Gasteiger partial charge on any atom is -0.372 e. The highest BCUT2D eigenvalue weighted by Crippen LogP contribution is 2.14. The number of hydrogen-bond donors (Lipinski definition) is 1. The second-order valence-corrected chi connectivity index (χ2v) is 6.43. The van der Waals surface area contributed by atoms with E-state index in [9.17, 15) is 4.79 Å². The number of hydrogen-bond acceptors (Lipinski definition) is 4. The number of rotatable bonds is 12. The monoisotopic (exact) mass is 390 g/mol. The number of carbonyl (C=O) groups excluding carboxylic acids is 1. The van der Waals surface area contributed by atoms with E-state index < -0.39 is 0 Å². The van der Waals surface area contributed by atoms with Crippen LogP contribution in [0.2, 0.25) is 0 Å². The Balaban J connectivity index is 3.10. The second kappa shape index (κ2) is 12.9. The Hall–Kier alpha value is -3.39. The Labute approximate surface area is 174 Å². The van der Waals surface area contributed by atoms with Crippen LogP contribution in [0.25, 0.3) is 0 Å². The Morgan fingerprint density at radius 2 is 2.00 bits per heavy atom. The van der Waals surface area contributed by atoms with Gasteiger partial charge in [-0.05, 0) is 55.7 Å². The van der Waals surface area contributed by atoms with Crippen LogP contribution in [0.3, 0.4) is 0 Å². The molecule has 1 rings (SSSR count). The first-order valence-corrected chi connectivity index (χ1v) is 9.68. The molecule has 29 heavy (non-hydrogen) atoms. The molecule has 0 fully saturated rings. The molecular formula is C24H30N4O. The SMILES string of the molecule is C=CC(=O)C(=C)CCN(CCC)C(=N/C=C\C)C(C=C)Nc1ccc(C#N)cc1. The topological polar surface area (TPSA) is 68.5 Å². The van der Waals surface area contributed by atoms with Gasteiger partial charge in [0.2, 0.25) is 0 Å². The molecule has 1 aromatic carbocycles. The van der Waals surface area contributed by atoms with E-state index in [2.05, 4.69) is 47.9 Å². The summed E-state index contributed by atoms with van der Waals surface area (Å²) >= 11 is 0. The number of allylic oxidation sites excluding steroid dienone is 2. The quantitative estimate of drug-likeness (QED) is 0.239. The predicted molar refractivity (Wildman–Crippen MR) is 122 cm³/mol. The summed E-state index contributed by atoms with van der Waals surface area (Å²) in [6, 6.07) is 9.12. The first-order valence-electron chi connectivity index (χ1n) is 9.68. The van der Waals surface area contributed by atoms with Crippen LogP contribution in [0.1, 0.15) is 32.3 Å². The molecule has 0 aliphatic rings.